The van der Waals surface area contributed by atoms with Crippen molar-refractivity contribution in [3.63, 3.8) is 0 Å². The number of hydrogen-bond donors (Lipinski definition) is 2. The number of carbonyl (C=O) groups is 2. The summed E-state index contributed by atoms with van der Waals surface area (Å²) in [4.78, 5) is 23.4. The molecule has 5 heteroatoms. The maximum absolute atomic E-state index is 14.4. The van der Waals surface area contributed by atoms with Gasteiger partial charge in [-0.1, -0.05) is 45.0 Å². The van der Waals surface area contributed by atoms with Gasteiger partial charge in [-0.15, -0.1) is 0 Å². The van der Waals surface area contributed by atoms with Gasteiger partial charge in [0, 0.05) is 18.2 Å². The highest BCUT2D eigenvalue weighted by molar-refractivity contribution is 6.08. The van der Waals surface area contributed by atoms with Gasteiger partial charge in [-0.05, 0) is 36.1 Å². The number of anilines is 2. The number of para-hydroxylation sites is 1. The van der Waals surface area contributed by atoms with Crippen molar-refractivity contribution in [2.75, 3.05) is 10.6 Å². The third kappa shape index (κ3) is 5.15. The van der Waals surface area contributed by atoms with Crippen molar-refractivity contribution in [1.29, 1.82) is 0 Å². The number of rotatable bonds is 7. The lowest BCUT2D eigenvalue weighted by Crippen LogP contribution is -2.35. The van der Waals surface area contributed by atoms with Gasteiger partial charge in [0.2, 0.25) is 0 Å². The summed E-state index contributed by atoms with van der Waals surface area (Å²) in [6, 6.07) is 13.2. The standard InChI is InChI=1S/C21H24FN2O2/c1-21(2,3)18(13-8-14-25)24-17-12-7-11-16(22)19(17)20(26)23-15-9-5-4-6-10-15/h4-7,9-14,18,24H,8H2,1-3H3,(H,23,26)/t18-/m0/s1. The molecule has 2 N–H and O–H groups in total. The number of aldehydes is 1. The van der Waals surface area contributed by atoms with Crippen molar-refractivity contribution in [3.05, 3.63) is 66.3 Å². The molecule has 2 aromatic carbocycles. The van der Waals surface area contributed by atoms with Crippen molar-refractivity contribution in [2.45, 2.75) is 33.2 Å². The third-order valence-electron chi connectivity index (χ3n) is 3.98. The maximum Gasteiger partial charge on any atom is 0.260 e. The lowest BCUT2D eigenvalue weighted by atomic mass is 9.83. The van der Waals surface area contributed by atoms with E-state index in [0.717, 1.165) is 6.29 Å². The molecule has 0 aromatic heterocycles. The molecule has 0 saturated heterocycles. The van der Waals surface area contributed by atoms with Crippen molar-refractivity contribution in [3.8, 4) is 0 Å². The van der Waals surface area contributed by atoms with Crippen LogP contribution in [-0.2, 0) is 4.79 Å². The lowest BCUT2D eigenvalue weighted by molar-refractivity contribution is -0.107. The van der Waals surface area contributed by atoms with Gasteiger partial charge in [-0.2, -0.15) is 0 Å². The van der Waals surface area contributed by atoms with E-state index in [1.165, 1.54) is 6.07 Å². The van der Waals surface area contributed by atoms with Gasteiger partial charge >= 0.3 is 0 Å². The van der Waals surface area contributed by atoms with Crippen LogP contribution in [0.5, 0.6) is 0 Å². The zero-order valence-corrected chi connectivity index (χ0v) is 15.3. The van der Waals surface area contributed by atoms with Gasteiger partial charge in [0.25, 0.3) is 5.91 Å². The molecular weight excluding hydrogens is 331 g/mol. The fourth-order valence-corrected chi connectivity index (χ4v) is 2.58. The second kappa shape index (κ2) is 8.61. The summed E-state index contributed by atoms with van der Waals surface area (Å²) >= 11 is 0. The van der Waals surface area contributed by atoms with Crippen LogP contribution in [0, 0.1) is 17.7 Å². The van der Waals surface area contributed by atoms with E-state index in [4.69, 9.17) is 0 Å². The Morgan fingerprint density at radius 3 is 2.42 bits per heavy atom. The summed E-state index contributed by atoms with van der Waals surface area (Å²) in [6.07, 6.45) is 2.92. The molecule has 26 heavy (non-hydrogen) atoms. The number of halogens is 1. The molecule has 137 valence electrons. The molecule has 0 saturated carbocycles. The Morgan fingerprint density at radius 1 is 1.12 bits per heavy atom. The summed E-state index contributed by atoms with van der Waals surface area (Å²) in [5, 5.41) is 5.92. The largest absolute Gasteiger partial charge is 0.381 e. The average molecular weight is 355 g/mol. The molecule has 1 atom stereocenters. The van der Waals surface area contributed by atoms with Gasteiger partial charge in [0.05, 0.1) is 11.3 Å². The topological polar surface area (TPSA) is 58.2 Å². The Labute approximate surface area is 153 Å². The van der Waals surface area contributed by atoms with Crippen LogP contribution in [0.3, 0.4) is 0 Å². The Hall–Kier alpha value is -2.69. The highest BCUT2D eigenvalue weighted by Gasteiger charge is 2.27. The second-order valence-corrected chi connectivity index (χ2v) is 7.11. The van der Waals surface area contributed by atoms with Crippen LogP contribution in [-0.4, -0.2) is 18.2 Å². The zero-order chi connectivity index (χ0) is 19.2. The minimum atomic E-state index is -0.605. The molecule has 0 spiro atoms. The predicted molar refractivity (Wildman–Crippen MR) is 103 cm³/mol. The van der Waals surface area contributed by atoms with Crippen LogP contribution in [0.1, 0.15) is 37.6 Å². The first-order valence-electron chi connectivity index (χ1n) is 8.51. The van der Waals surface area contributed by atoms with Gasteiger partial charge in [-0.25, -0.2) is 4.39 Å². The molecule has 0 unspecified atom stereocenters. The normalized spacial score (nSPS) is 12.3. The minimum Gasteiger partial charge on any atom is -0.381 e. The van der Waals surface area contributed by atoms with Gasteiger partial charge in [-0.3, -0.25) is 4.79 Å². The molecule has 4 nitrogen and oxygen atoms in total. The number of carbonyl (C=O) groups excluding carboxylic acids is 2. The van der Waals surface area contributed by atoms with E-state index >= 15 is 0 Å². The average Bonchev–Trinajstić information content (AvgIpc) is 2.58. The summed E-state index contributed by atoms with van der Waals surface area (Å²) in [7, 11) is 0. The van der Waals surface area contributed by atoms with Crippen LogP contribution < -0.4 is 10.6 Å². The van der Waals surface area contributed by atoms with Gasteiger partial charge in [0.15, 0.2) is 0 Å². The molecule has 0 heterocycles. The lowest BCUT2D eigenvalue weighted by Gasteiger charge is -2.32. The third-order valence-corrected chi connectivity index (χ3v) is 3.98. The number of amides is 1. The first-order valence-corrected chi connectivity index (χ1v) is 8.51. The van der Waals surface area contributed by atoms with Crippen LogP contribution in [0.15, 0.2) is 48.5 Å². The molecule has 0 bridgehead atoms. The monoisotopic (exact) mass is 355 g/mol. The van der Waals surface area contributed by atoms with E-state index in [1.54, 1.807) is 36.4 Å². The molecule has 1 amide bonds. The summed E-state index contributed by atoms with van der Waals surface area (Å²) in [5.74, 6) is -1.13. The van der Waals surface area contributed by atoms with Crippen molar-refractivity contribution in [1.82, 2.24) is 0 Å². The van der Waals surface area contributed by atoms with Crippen molar-refractivity contribution in [2.24, 2.45) is 5.41 Å². The van der Waals surface area contributed by atoms with E-state index in [9.17, 15) is 14.0 Å². The van der Waals surface area contributed by atoms with Crippen molar-refractivity contribution >= 4 is 23.6 Å². The molecular formula is C21H24FN2O2. The van der Waals surface area contributed by atoms with Crippen LogP contribution in [0.25, 0.3) is 0 Å². The number of nitrogens with one attached hydrogen (secondary N) is 2. The first kappa shape index (κ1) is 19.6. The van der Waals surface area contributed by atoms with Crippen LogP contribution in [0.2, 0.25) is 0 Å². The SMILES string of the molecule is CC(C)(C)[C@H]([CH]CC=O)Nc1cccc(F)c1C(=O)Nc1ccccc1. The zero-order valence-electron chi connectivity index (χ0n) is 15.3. The van der Waals surface area contributed by atoms with E-state index in [2.05, 4.69) is 10.6 Å². The quantitative estimate of drug-likeness (QED) is 0.708. The predicted octanol–water partition coefficient (Wildman–Crippen LogP) is 4.70. The highest BCUT2D eigenvalue weighted by atomic mass is 19.1. The Kier molecular flexibility index (Phi) is 6.50. The molecule has 0 aliphatic heterocycles. The van der Waals surface area contributed by atoms with Gasteiger partial charge in [0.1, 0.15) is 12.1 Å². The van der Waals surface area contributed by atoms with Crippen LogP contribution >= 0.6 is 0 Å². The molecule has 0 fully saturated rings. The van der Waals surface area contributed by atoms with E-state index < -0.39 is 11.7 Å². The fourth-order valence-electron chi connectivity index (χ4n) is 2.58. The van der Waals surface area contributed by atoms with E-state index in [-0.39, 0.29) is 23.4 Å². The van der Waals surface area contributed by atoms with E-state index in [1.807, 2.05) is 33.3 Å². The minimum absolute atomic E-state index is 0.0508. The molecule has 2 aromatic rings. The number of hydrogen-bond acceptors (Lipinski definition) is 3. The summed E-state index contributed by atoms with van der Waals surface area (Å²) in [6.45, 7) is 6.03. The molecule has 0 aliphatic rings. The van der Waals surface area contributed by atoms with E-state index in [0.29, 0.717) is 11.4 Å². The van der Waals surface area contributed by atoms with Crippen molar-refractivity contribution < 1.29 is 14.0 Å². The molecule has 2 rings (SSSR count). The number of benzene rings is 2. The Morgan fingerprint density at radius 2 is 1.81 bits per heavy atom. The highest BCUT2D eigenvalue weighted by Crippen LogP contribution is 2.29. The second-order valence-electron chi connectivity index (χ2n) is 7.11. The smallest absolute Gasteiger partial charge is 0.260 e. The fraction of sp³-hybridized carbons (Fsp3) is 0.286. The summed E-state index contributed by atoms with van der Waals surface area (Å²) < 4.78 is 14.4. The van der Waals surface area contributed by atoms with Crippen LogP contribution in [0.4, 0.5) is 15.8 Å². The maximum atomic E-state index is 14.4. The van der Waals surface area contributed by atoms with Gasteiger partial charge < -0.3 is 15.4 Å². The Bertz CT molecular complexity index is 754. The Balaban J connectivity index is 2.30. The first-order chi connectivity index (χ1) is 12.3. The summed E-state index contributed by atoms with van der Waals surface area (Å²) in [5.41, 5.74) is 0.708. The molecule has 0 aliphatic carbocycles. The molecule has 1 radical (unpaired) electrons.